The second kappa shape index (κ2) is 4.31. The number of sulfone groups is 1. The lowest BCUT2D eigenvalue weighted by Gasteiger charge is -2.21. The topological polar surface area (TPSA) is 74.7 Å². The van der Waals surface area contributed by atoms with E-state index in [4.69, 9.17) is 5.11 Å². The van der Waals surface area contributed by atoms with Crippen LogP contribution in [0.4, 0.5) is 0 Å². The molecule has 1 aromatic rings. The summed E-state index contributed by atoms with van der Waals surface area (Å²) < 4.78 is 23.0. The highest BCUT2D eigenvalue weighted by molar-refractivity contribution is 7.91. The molecule has 102 valence electrons. The van der Waals surface area contributed by atoms with Gasteiger partial charge in [-0.25, -0.2) is 13.2 Å². The maximum atomic E-state index is 11.5. The summed E-state index contributed by atoms with van der Waals surface area (Å²) in [5.41, 5.74) is 2.40. The highest BCUT2D eigenvalue weighted by Gasteiger charge is 2.34. The lowest BCUT2D eigenvalue weighted by Crippen LogP contribution is -2.31. The molecular weight excluding hydrogens is 266 g/mol. The minimum absolute atomic E-state index is 0.0747. The third-order valence-corrected chi connectivity index (χ3v) is 5.68. The van der Waals surface area contributed by atoms with Gasteiger partial charge in [0.2, 0.25) is 0 Å². The number of fused-ring (bicyclic) bond motifs is 1. The summed E-state index contributed by atoms with van der Waals surface area (Å²) in [6.07, 6.45) is 0.683. The van der Waals surface area contributed by atoms with E-state index < -0.39 is 15.8 Å². The fourth-order valence-electron chi connectivity index (χ4n) is 2.88. The van der Waals surface area contributed by atoms with Gasteiger partial charge in [-0.3, -0.25) is 4.90 Å². The van der Waals surface area contributed by atoms with Crippen LogP contribution in [-0.2, 0) is 22.9 Å². The Morgan fingerprint density at radius 1 is 1.26 bits per heavy atom. The Hall–Kier alpha value is -1.40. The summed E-state index contributed by atoms with van der Waals surface area (Å²) >= 11 is 0. The van der Waals surface area contributed by atoms with E-state index >= 15 is 0 Å². The number of hydrogen-bond donors (Lipinski definition) is 1. The monoisotopic (exact) mass is 281 g/mol. The summed E-state index contributed by atoms with van der Waals surface area (Å²) in [4.78, 5) is 13.1. The first kappa shape index (κ1) is 12.6. The smallest absolute Gasteiger partial charge is 0.335 e. The van der Waals surface area contributed by atoms with E-state index in [0.29, 0.717) is 18.5 Å². The molecule has 2 aliphatic rings. The van der Waals surface area contributed by atoms with E-state index in [0.717, 1.165) is 17.7 Å². The van der Waals surface area contributed by atoms with Crippen LogP contribution in [0.1, 0.15) is 27.9 Å². The molecule has 2 heterocycles. The van der Waals surface area contributed by atoms with Crippen molar-refractivity contribution in [1.82, 2.24) is 4.90 Å². The van der Waals surface area contributed by atoms with Gasteiger partial charge in [-0.05, 0) is 29.7 Å². The van der Waals surface area contributed by atoms with E-state index in [9.17, 15) is 13.2 Å². The fraction of sp³-hybridized carbons (Fsp3) is 0.462. The normalized spacial score (nSPS) is 25.4. The van der Waals surface area contributed by atoms with Crippen molar-refractivity contribution in [2.24, 2.45) is 0 Å². The fourth-order valence-corrected chi connectivity index (χ4v) is 4.64. The maximum Gasteiger partial charge on any atom is 0.335 e. The van der Waals surface area contributed by atoms with Gasteiger partial charge < -0.3 is 5.11 Å². The summed E-state index contributed by atoms with van der Waals surface area (Å²) in [5.74, 6) is -0.429. The quantitative estimate of drug-likeness (QED) is 0.871. The Kier molecular flexibility index (Phi) is 2.87. The molecule has 1 saturated heterocycles. The van der Waals surface area contributed by atoms with Gasteiger partial charge in [0, 0.05) is 19.1 Å². The molecule has 0 radical (unpaired) electrons. The van der Waals surface area contributed by atoms with Crippen LogP contribution in [0.2, 0.25) is 0 Å². The number of aromatic carboxylic acids is 1. The molecule has 1 aromatic carbocycles. The van der Waals surface area contributed by atoms with Gasteiger partial charge in [-0.15, -0.1) is 0 Å². The maximum absolute atomic E-state index is 11.5. The van der Waals surface area contributed by atoms with Crippen molar-refractivity contribution in [3.63, 3.8) is 0 Å². The van der Waals surface area contributed by atoms with Crippen molar-refractivity contribution in [2.45, 2.75) is 25.6 Å². The predicted molar refractivity (Wildman–Crippen MR) is 69.7 cm³/mol. The van der Waals surface area contributed by atoms with Crippen LogP contribution in [-0.4, -0.2) is 41.9 Å². The van der Waals surface area contributed by atoms with Crippen LogP contribution in [0.3, 0.4) is 0 Å². The highest BCUT2D eigenvalue weighted by Crippen LogP contribution is 2.29. The molecule has 1 fully saturated rings. The number of carboxylic acids is 1. The molecule has 1 unspecified atom stereocenters. The lowest BCUT2D eigenvalue weighted by atomic mass is 10.1. The van der Waals surface area contributed by atoms with Gasteiger partial charge in [0.05, 0.1) is 17.1 Å². The Bertz CT molecular complexity index is 638. The Labute approximate surface area is 111 Å². The Morgan fingerprint density at radius 3 is 2.63 bits per heavy atom. The first-order chi connectivity index (χ1) is 8.94. The van der Waals surface area contributed by atoms with Crippen molar-refractivity contribution in [3.05, 3.63) is 34.9 Å². The summed E-state index contributed by atoms with van der Waals surface area (Å²) in [7, 11) is -2.88. The summed E-state index contributed by atoms with van der Waals surface area (Å²) in [6.45, 7) is 1.37. The van der Waals surface area contributed by atoms with Gasteiger partial charge in [0.15, 0.2) is 9.84 Å². The van der Waals surface area contributed by atoms with Crippen molar-refractivity contribution < 1.29 is 18.3 Å². The molecule has 1 N–H and O–H groups in total. The zero-order valence-electron chi connectivity index (χ0n) is 10.4. The van der Waals surface area contributed by atoms with E-state index in [1.807, 2.05) is 6.07 Å². The van der Waals surface area contributed by atoms with Gasteiger partial charge >= 0.3 is 5.97 Å². The molecule has 6 heteroatoms. The molecule has 0 aliphatic carbocycles. The second-order valence-electron chi connectivity index (χ2n) is 5.25. The van der Waals surface area contributed by atoms with Crippen LogP contribution in [0.15, 0.2) is 18.2 Å². The molecule has 3 rings (SSSR count). The number of carbonyl (C=O) groups is 1. The third-order valence-electron chi connectivity index (χ3n) is 3.92. The second-order valence-corrected chi connectivity index (χ2v) is 7.48. The van der Waals surface area contributed by atoms with Gasteiger partial charge in [0.1, 0.15) is 0 Å². The predicted octanol–water partition coefficient (Wildman–Crippen LogP) is 0.887. The van der Waals surface area contributed by atoms with Crippen LogP contribution in [0.25, 0.3) is 0 Å². The zero-order chi connectivity index (χ0) is 13.6. The average Bonchev–Trinajstić information content (AvgIpc) is 2.90. The van der Waals surface area contributed by atoms with Gasteiger partial charge in [-0.1, -0.05) is 6.07 Å². The lowest BCUT2D eigenvalue weighted by molar-refractivity contribution is 0.0696. The van der Waals surface area contributed by atoms with E-state index in [2.05, 4.69) is 4.90 Å². The number of nitrogens with zero attached hydrogens (tertiary/aromatic N) is 1. The van der Waals surface area contributed by atoms with Crippen LogP contribution >= 0.6 is 0 Å². The molecule has 19 heavy (non-hydrogen) atoms. The van der Waals surface area contributed by atoms with Crippen molar-refractivity contribution >= 4 is 15.8 Å². The Morgan fingerprint density at radius 2 is 2.00 bits per heavy atom. The first-order valence-electron chi connectivity index (χ1n) is 6.24. The minimum atomic E-state index is -2.88. The van der Waals surface area contributed by atoms with Gasteiger partial charge in [0.25, 0.3) is 0 Å². The molecule has 1 atom stereocenters. The standard InChI is InChI=1S/C13H15NO4S/c15-13(16)9-1-2-10-6-14(7-11(10)5-9)12-3-4-19(17,18)8-12/h1-2,5,12H,3-4,6-8H2,(H,15,16). The largest absolute Gasteiger partial charge is 0.478 e. The number of rotatable bonds is 2. The molecule has 0 bridgehead atoms. The average molecular weight is 281 g/mol. The molecule has 0 saturated carbocycles. The first-order valence-corrected chi connectivity index (χ1v) is 8.06. The van der Waals surface area contributed by atoms with E-state index in [-0.39, 0.29) is 17.5 Å². The highest BCUT2D eigenvalue weighted by atomic mass is 32.2. The van der Waals surface area contributed by atoms with Gasteiger partial charge in [-0.2, -0.15) is 0 Å². The Balaban J connectivity index is 1.79. The summed E-state index contributed by atoms with van der Waals surface area (Å²) in [6, 6.07) is 5.21. The molecule has 2 aliphatic heterocycles. The zero-order valence-corrected chi connectivity index (χ0v) is 11.2. The summed E-state index contributed by atoms with van der Waals surface area (Å²) in [5, 5.41) is 8.97. The van der Waals surface area contributed by atoms with Crippen LogP contribution in [0, 0.1) is 0 Å². The molecule has 0 spiro atoms. The van der Waals surface area contributed by atoms with E-state index in [1.165, 1.54) is 0 Å². The molecule has 0 aromatic heterocycles. The van der Waals surface area contributed by atoms with E-state index in [1.54, 1.807) is 12.1 Å². The van der Waals surface area contributed by atoms with Crippen molar-refractivity contribution in [3.8, 4) is 0 Å². The number of benzene rings is 1. The minimum Gasteiger partial charge on any atom is -0.478 e. The molecule has 0 amide bonds. The van der Waals surface area contributed by atoms with Crippen LogP contribution in [0.5, 0.6) is 0 Å². The number of hydrogen-bond acceptors (Lipinski definition) is 4. The molecular formula is C13H15NO4S. The van der Waals surface area contributed by atoms with Crippen molar-refractivity contribution in [2.75, 3.05) is 11.5 Å². The number of carboxylic acid groups (broad SMARTS) is 1. The van der Waals surface area contributed by atoms with Crippen LogP contribution < -0.4 is 0 Å². The third kappa shape index (κ3) is 2.37. The molecule has 5 nitrogen and oxygen atoms in total. The SMILES string of the molecule is O=C(O)c1ccc2c(c1)CN(C1CCS(=O)(=O)C1)C2. The van der Waals surface area contributed by atoms with Crippen molar-refractivity contribution in [1.29, 1.82) is 0 Å².